The Labute approximate surface area is 170 Å². The van der Waals surface area contributed by atoms with Gasteiger partial charge in [-0.15, -0.1) is 0 Å². The zero-order chi connectivity index (χ0) is 18.6. The fourth-order valence-corrected chi connectivity index (χ4v) is 4.00. The van der Waals surface area contributed by atoms with Crippen molar-refractivity contribution in [1.82, 2.24) is 15.5 Å². The lowest BCUT2D eigenvalue weighted by molar-refractivity contribution is -0.123. The van der Waals surface area contributed by atoms with Crippen LogP contribution in [0.25, 0.3) is 0 Å². The summed E-state index contributed by atoms with van der Waals surface area (Å²) in [5.41, 5.74) is 1.19. The topological polar surface area (TPSA) is 44.4 Å². The summed E-state index contributed by atoms with van der Waals surface area (Å²) in [6, 6.07) is 10.1. The number of halogens is 3. The van der Waals surface area contributed by atoms with Crippen LogP contribution in [-0.4, -0.2) is 46.9 Å². The lowest BCUT2D eigenvalue weighted by Crippen LogP contribution is -2.55. The van der Waals surface area contributed by atoms with Gasteiger partial charge in [0.1, 0.15) is 6.17 Å². The predicted molar refractivity (Wildman–Crippen MR) is 108 cm³/mol. The average molecular weight is 419 g/mol. The number of carbonyl (C=O) groups excluding carboxylic acids is 1. The zero-order valence-corrected chi connectivity index (χ0v) is 17.0. The number of carbonyl (C=O) groups is 1. The molecule has 144 valence electrons. The third-order valence-corrected chi connectivity index (χ3v) is 5.85. The fourth-order valence-electron chi connectivity index (χ4n) is 3.60. The van der Waals surface area contributed by atoms with E-state index in [4.69, 9.17) is 34.8 Å². The van der Waals surface area contributed by atoms with Gasteiger partial charge in [-0.25, -0.2) is 0 Å². The van der Waals surface area contributed by atoms with Gasteiger partial charge in [-0.3, -0.25) is 10.1 Å². The molecule has 0 radical (unpaired) electrons. The number of benzene rings is 1. The van der Waals surface area contributed by atoms with Gasteiger partial charge in [-0.2, -0.15) is 0 Å². The van der Waals surface area contributed by atoms with E-state index >= 15 is 0 Å². The van der Waals surface area contributed by atoms with Crippen LogP contribution in [0.4, 0.5) is 0 Å². The number of nitrogens with zero attached hydrogens (tertiary/aromatic N) is 1. The van der Waals surface area contributed by atoms with Gasteiger partial charge in [-0.1, -0.05) is 71.6 Å². The molecule has 3 atom stereocenters. The number of hydrogen-bond donors (Lipinski definition) is 2. The molecule has 0 bridgehead atoms. The summed E-state index contributed by atoms with van der Waals surface area (Å²) < 4.78 is -1.59. The largest absolute Gasteiger partial charge is 0.336 e. The second-order valence-electron chi connectivity index (χ2n) is 7.20. The normalized spacial score (nSPS) is 24.9. The van der Waals surface area contributed by atoms with Crippen LogP contribution < -0.4 is 10.6 Å². The molecule has 2 aliphatic rings. The first-order chi connectivity index (χ1) is 12.4. The van der Waals surface area contributed by atoms with Crippen molar-refractivity contribution in [1.29, 1.82) is 0 Å². The highest BCUT2D eigenvalue weighted by molar-refractivity contribution is 6.68. The smallest absolute Gasteiger partial charge is 0.225 e. The van der Waals surface area contributed by atoms with Crippen LogP contribution in [0.1, 0.15) is 37.2 Å². The lowest BCUT2D eigenvalue weighted by atomic mass is 10.1. The van der Waals surface area contributed by atoms with Gasteiger partial charge in [0.2, 0.25) is 9.70 Å². The van der Waals surface area contributed by atoms with E-state index < -0.39 is 9.96 Å². The molecule has 0 spiro atoms. The van der Waals surface area contributed by atoms with Crippen molar-refractivity contribution < 1.29 is 4.79 Å². The molecule has 1 amide bonds. The standard InChI is InChI=1S/C19H26Cl3N3O/c20-19(21,22)18(23-9-12-25-10-5-2-6-11-25)24-17(26)16-13-15(16)14-7-3-1-4-8-14/h1,3-4,7-8,15-16,18,23H,2,5-6,9-13H2,(H,24,26)/t15-,16-,18+/m1/s1. The van der Waals surface area contributed by atoms with Gasteiger partial charge in [0, 0.05) is 19.0 Å². The molecule has 1 aliphatic carbocycles. The quantitative estimate of drug-likeness (QED) is 0.524. The highest BCUT2D eigenvalue weighted by Gasteiger charge is 2.45. The maximum atomic E-state index is 12.6. The number of likely N-dealkylation sites (tertiary alicyclic amines) is 1. The molecule has 1 aliphatic heterocycles. The molecule has 2 fully saturated rings. The van der Waals surface area contributed by atoms with E-state index in [1.807, 2.05) is 18.2 Å². The molecule has 1 saturated heterocycles. The maximum Gasteiger partial charge on any atom is 0.225 e. The lowest BCUT2D eigenvalue weighted by Gasteiger charge is -2.30. The first-order valence-corrected chi connectivity index (χ1v) is 10.5. The van der Waals surface area contributed by atoms with Crippen molar-refractivity contribution in [3.8, 4) is 0 Å². The van der Waals surface area contributed by atoms with Crippen LogP contribution in [-0.2, 0) is 4.79 Å². The summed E-state index contributed by atoms with van der Waals surface area (Å²) >= 11 is 18.2. The van der Waals surface area contributed by atoms with Crippen LogP contribution in [0.5, 0.6) is 0 Å². The van der Waals surface area contributed by atoms with Crippen molar-refractivity contribution in [3.05, 3.63) is 35.9 Å². The summed E-state index contributed by atoms with van der Waals surface area (Å²) in [6.07, 6.45) is 3.94. The van der Waals surface area contributed by atoms with Gasteiger partial charge >= 0.3 is 0 Å². The first-order valence-electron chi connectivity index (χ1n) is 9.33. The molecule has 1 heterocycles. The van der Waals surface area contributed by atoms with Gasteiger partial charge in [0.15, 0.2) is 0 Å². The summed E-state index contributed by atoms with van der Waals surface area (Å²) in [6.45, 7) is 3.80. The number of nitrogens with one attached hydrogen (secondary N) is 2. The van der Waals surface area contributed by atoms with E-state index in [0.29, 0.717) is 6.54 Å². The monoisotopic (exact) mass is 417 g/mol. The fraction of sp³-hybridized carbons (Fsp3) is 0.632. The molecule has 4 nitrogen and oxygen atoms in total. The Bertz CT molecular complexity index is 587. The molecule has 26 heavy (non-hydrogen) atoms. The molecule has 0 aromatic heterocycles. The number of alkyl halides is 3. The van der Waals surface area contributed by atoms with Crippen molar-refractivity contribution in [2.24, 2.45) is 5.92 Å². The summed E-state index contributed by atoms with van der Waals surface area (Å²) in [5.74, 6) is 0.164. The van der Waals surface area contributed by atoms with E-state index in [1.54, 1.807) is 0 Å². The summed E-state index contributed by atoms with van der Waals surface area (Å²) in [5, 5.41) is 6.10. The second-order valence-corrected chi connectivity index (χ2v) is 9.57. The third kappa shape index (κ3) is 5.74. The molecule has 2 N–H and O–H groups in total. The van der Waals surface area contributed by atoms with Crippen molar-refractivity contribution in [2.45, 2.75) is 41.6 Å². The van der Waals surface area contributed by atoms with Crippen LogP contribution in [0, 0.1) is 5.92 Å². The minimum Gasteiger partial charge on any atom is -0.336 e. The molecule has 7 heteroatoms. The zero-order valence-electron chi connectivity index (χ0n) is 14.8. The number of hydrogen-bond acceptors (Lipinski definition) is 3. The molecule has 1 aromatic rings. The van der Waals surface area contributed by atoms with E-state index in [-0.39, 0.29) is 17.7 Å². The SMILES string of the molecule is O=C(N[C@H](NCCN1CCCCC1)C(Cl)(Cl)Cl)[C@@H]1C[C@@H]1c1ccccc1. The highest BCUT2D eigenvalue weighted by atomic mass is 35.6. The Hall–Kier alpha value is -0.520. The van der Waals surface area contributed by atoms with E-state index in [9.17, 15) is 4.79 Å². The van der Waals surface area contributed by atoms with Crippen molar-refractivity contribution >= 4 is 40.7 Å². The van der Waals surface area contributed by atoms with E-state index in [2.05, 4.69) is 27.7 Å². The van der Waals surface area contributed by atoms with Crippen LogP contribution in [0.2, 0.25) is 0 Å². The molecular weight excluding hydrogens is 393 g/mol. The number of amides is 1. The molecule has 1 saturated carbocycles. The van der Waals surface area contributed by atoms with Gasteiger partial charge in [-0.05, 0) is 43.8 Å². The van der Waals surface area contributed by atoms with Crippen molar-refractivity contribution in [3.63, 3.8) is 0 Å². The van der Waals surface area contributed by atoms with Gasteiger partial charge < -0.3 is 10.2 Å². The first kappa shape index (κ1) is 20.2. The molecular formula is C19H26Cl3N3O. The van der Waals surface area contributed by atoms with Crippen LogP contribution >= 0.6 is 34.8 Å². The second kappa shape index (κ2) is 9.11. The molecule has 0 unspecified atom stereocenters. The van der Waals surface area contributed by atoms with Gasteiger partial charge in [0.05, 0.1) is 0 Å². The molecule has 3 rings (SSSR count). The Morgan fingerprint density at radius 1 is 1.15 bits per heavy atom. The van der Waals surface area contributed by atoms with E-state index in [0.717, 1.165) is 26.1 Å². The molecule has 1 aromatic carbocycles. The number of rotatable bonds is 7. The Morgan fingerprint density at radius 2 is 1.85 bits per heavy atom. The number of piperidine rings is 1. The minimum atomic E-state index is -1.59. The van der Waals surface area contributed by atoms with E-state index in [1.165, 1.54) is 24.8 Å². The maximum absolute atomic E-state index is 12.6. The third-order valence-electron chi connectivity index (χ3n) is 5.19. The van der Waals surface area contributed by atoms with Crippen LogP contribution in [0.15, 0.2) is 30.3 Å². The minimum absolute atomic E-state index is 0.0452. The summed E-state index contributed by atoms with van der Waals surface area (Å²) in [7, 11) is 0. The predicted octanol–water partition coefficient (Wildman–Crippen LogP) is 3.68. The highest BCUT2D eigenvalue weighted by Crippen LogP contribution is 2.47. The van der Waals surface area contributed by atoms with Crippen molar-refractivity contribution in [2.75, 3.05) is 26.2 Å². The summed E-state index contributed by atoms with van der Waals surface area (Å²) in [4.78, 5) is 15.0. The Balaban J connectivity index is 1.48. The average Bonchev–Trinajstić information content (AvgIpc) is 3.42. The Morgan fingerprint density at radius 3 is 2.50 bits per heavy atom. The Kier molecular flexibility index (Phi) is 7.09. The van der Waals surface area contributed by atoms with Crippen LogP contribution in [0.3, 0.4) is 0 Å². The van der Waals surface area contributed by atoms with Gasteiger partial charge in [0.25, 0.3) is 0 Å².